The molecule has 0 aromatic carbocycles. The fourth-order valence-electron chi connectivity index (χ4n) is 2.58. The van der Waals surface area contributed by atoms with Gasteiger partial charge in [-0.3, -0.25) is 11.3 Å². The third-order valence-electron chi connectivity index (χ3n) is 3.71. The van der Waals surface area contributed by atoms with Crippen LogP contribution in [0, 0.1) is 11.8 Å². The van der Waals surface area contributed by atoms with Crippen molar-refractivity contribution < 1.29 is 9.53 Å². The van der Waals surface area contributed by atoms with E-state index >= 15 is 0 Å². The van der Waals surface area contributed by atoms with Crippen molar-refractivity contribution in [1.29, 1.82) is 0 Å². The molecular weight excluding hydrogens is 254 g/mol. The van der Waals surface area contributed by atoms with Gasteiger partial charge in [-0.1, -0.05) is 13.8 Å². The van der Waals surface area contributed by atoms with Crippen molar-refractivity contribution >= 4 is 6.09 Å². The molecule has 0 aromatic rings. The fourth-order valence-corrected chi connectivity index (χ4v) is 2.58. The van der Waals surface area contributed by atoms with E-state index in [1.54, 1.807) is 4.90 Å². The van der Waals surface area contributed by atoms with E-state index in [1.165, 1.54) is 0 Å². The van der Waals surface area contributed by atoms with Crippen LogP contribution in [0.25, 0.3) is 0 Å². The van der Waals surface area contributed by atoms with Crippen LogP contribution in [0.15, 0.2) is 0 Å². The first-order valence-electron chi connectivity index (χ1n) is 7.67. The number of hydrazine groups is 1. The number of ether oxygens (including phenoxy) is 1. The van der Waals surface area contributed by atoms with Gasteiger partial charge in [0.25, 0.3) is 0 Å². The van der Waals surface area contributed by atoms with Gasteiger partial charge in [0.15, 0.2) is 0 Å². The number of hydrogen-bond donors (Lipinski definition) is 2. The maximum atomic E-state index is 12.0. The minimum Gasteiger partial charge on any atom is -0.444 e. The summed E-state index contributed by atoms with van der Waals surface area (Å²) in [5.41, 5.74) is 2.50. The van der Waals surface area contributed by atoms with Gasteiger partial charge in [0.05, 0.1) is 0 Å². The summed E-state index contributed by atoms with van der Waals surface area (Å²) < 4.78 is 5.42. The van der Waals surface area contributed by atoms with Crippen LogP contribution in [0.1, 0.15) is 53.9 Å². The zero-order valence-electron chi connectivity index (χ0n) is 13.6. The molecule has 0 saturated carbocycles. The highest BCUT2D eigenvalue weighted by atomic mass is 16.6. The Morgan fingerprint density at radius 3 is 2.55 bits per heavy atom. The summed E-state index contributed by atoms with van der Waals surface area (Å²) in [6.07, 6.45) is 2.99. The lowest BCUT2D eigenvalue weighted by atomic mass is 9.93. The van der Waals surface area contributed by atoms with Crippen molar-refractivity contribution in [3.8, 4) is 0 Å². The minimum absolute atomic E-state index is 0.209. The van der Waals surface area contributed by atoms with Crippen LogP contribution in [0.2, 0.25) is 0 Å². The highest BCUT2D eigenvalue weighted by Gasteiger charge is 2.33. The molecule has 1 aliphatic rings. The van der Waals surface area contributed by atoms with E-state index in [0.29, 0.717) is 11.8 Å². The zero-order valence-corrected chi connectivity index (χ0v) is 13.6. The summed E-state index contributed by atoms with van der Waals surface area (Å²) in [4.78, 5) is 13.8. The Morgan fingerprint density at radius 2 is 2.05 bits per heavy atom. The van der Waals surface area contributed by atoms with Gasteiger partial charge in [-0.05, 0) is 51.9 Å². The van der Waals surface area contributed by atoms with Crippen LogP contribution in [-0.2, 0) is 4.74 Å². The lowest BCUT2D eigenvalue weighted by Gasteiger charge is -2.26. The smallest absolute Gasteiger partial charge is 0.410 e. The maximum absolute atomic E-state index is 12.0. The SMILES string of the molecule is CC(C)CCC(NN)C1CCN(C(=O)OC(C)(C)C)C1. The third-order valence-corrected chi connectivity index (χ3v) is 3.71. The number of rotatable bonds is 5. The maximum Gasteiger partial charge on any atom is 0.410 e. The highest BCUT2D eigenvalue weighted by molar-refractivity contribution is 5.68. The molecule has 0 aliphatic carbocycles. The van der Waals surface area contributed by atoms with Crippen LogP contribution in [0.3, 0.4) is 0 Å². The minimum atomic E-state index is -0.432. The number of amides is 1. The highest BCUT2D eigenvalue weighted by Crippen LogP contribution is 2.24. The van der Waals surface area contributed by atoms with Crippen molar-refractivity contribution in [3.05, 3.63) is 0 Å². The van der Waals surface area contributed by atoms with Gasteiger partial charge >= 0.3 is 6.09 Å². The van der Waals surface area contributed by atoms with Crippen LogP contribution in [0.4, 0.5) is 4.79 Å². The first-order valence-corrected chi connectivity index (χ1v) is 7.67. The summed E-state index contributed by atoms with van der Waals surface area (Å²) in [5, 5.41) is 0. The van der Waals surface area contributed by atoms with Crippen molar-refractivity contribution in [1.82, 2.24) is 10.3 Å². The summed E-state index contributed by atoms with van der Waals surface area (Å²) in [5.74, 6) is 6.78. The van der Waals surface area contributed by atoms with Crippen LogP contribution in [-0.4, -0.2) is 35.7 Å². The van der Waals surface area contributed by atoms with Gasteiger partial charge in [-0.2, -0.15) is 0 Å². The molecule has 2 atom stereocenters. The molecule has 20 heavy (non-hydrogen) atoms. The number of nitrogens with zero attached hydrogens (tertiary/aromatic N) is 1. The second kappa shape index (κ2) is 7.27. The Hall–Kier alpha value is -0.810. The van der Waals surface area contributed by atoms with Crippen LogP contribution in [0.5, 0.6) is 0 Å². The topological polar surface area (TPSA) is 67.6 Å². The molecule has 0 aromatic heterocycles. The quantitative estimate of drug-likeness (QED) is 0.601. The van der Waals surface area contributed by atoms with E-state index in [2.05, 4.69) is 19.3 Å². The molecule has 1 rings (SSSR count). The second-order valence-corrected chi connectivity index (χ2v) is 7.22. The summed E-state index contributed by atoms with van der Waals surface area (Å²) in [6.45, 7) is 11.6. The third kappa shape index (κ3) is 5.67. The Labute approximate surface area is 123 Å². The molecule has 1 fully saturated rings. The first-order chi connectivity index (χ1) is 9.23. The predicted molar refractivity (Wildman–Crippen MR) is 81.1 cm³/mol. The molecule has 118 valence electrons. The molecule has 2 unspecified atom stereocenters. The lowest BCUT2D eigenvalue weighted by molar-refractivity contribution is 0.0285. The number of carbonyl (C=O) groups is 1. The fraction of sp³-hybridized carbons (Fsp3) is 0.933. The molecular formula is C15H31N3O2. The van der Waals surface area contributed by atoms with E-state index in [0.717, 1.165) is 32.4 Å². The number of nitrogens with one attached hydrogen (secondary N) is 1. The van der Waals surface area contributed by atoms with Gasteiger partial charge in [0.2, 0.25) is 0 Å². The molecule has 0 spiro atoms. The van der Waals surface area contributed by atoms with E-state index in [1.807, 2.05) is 20.8 Å². The average Bonchev–Trinajstić information content (AvgIpc) is 2.76. The van der Waals surface area contributed by atoms with Gasteiger partial charge in [-0.15, -0.1) is 0 Å². The predicted octanol–water partition coefficient (Wildman–Crippen LogP) is 2.51. The molecule has 3 N–H and O–H groups in total. The molecule has 1 saturated heterocycles. The van der Waals surface area contributed by atoms with E-state index in [9.17, 15) is 4.79 Å². The lowest BCUT2D eigenvalue weighted by Crippen LogP contribution is -2.43. The van der Waals surface area contributed by atoms with Gasteiger partial charge in [0.1, 0.15) is 5.60 Å². The summed E-state index contributed by atoms with van der Waals surface area (Å²) >= 11 is 0. The molecule has 0 bridgehead atoms. The molecule has 1 aliphatic heterocycles. The zero-order chi connectivity index (χ0) is 15.3. The van der Waals surface area contributed by atoms with Crippen LogP contribution >= 0.6 is 0 Å². The number of carbonyl (C=O) groups excluding carboxylic acids is 1. The molecule has 5 nitrogen and oxygen atoms in total. The number of nitrogens with two attached hydrogens (primary N) is 1. The Bertz CT molecular complexity index is 313. The van der Waals surface area contributed by atoms with E-state index in [4.69, 9.17) is 10.6 Å². The van der Waals surface area contributed by atoms with Crippen molar-refractivity contribution in [2.45, 2.75) is 65.5 Å². The average molecular weight is 285 g/mol. The molecule has 5 heteroatoms. The first kappa shape index (κ1) is 17.2. The monoisotopic (exact) mass is 285 g/mol. The molecule has 1 heterocycles. The van der Waals surface area contributed by atoms with E-state index < -0.39 is 5.60 Å². The van der Waals surface area contributed by atoms with E-state index in [-0.39, 0.29) is 12.1 Å². The van der Waals surface area contributed by atoms with Crippen molar-refractivity contribution in [3.63, 3.8) is 0 Å². The number of hydrogen-bond acceptors (Lipinski definition) is 4. The van der Waals surface area contributed by atoms with Gasteiger partial charge in [0, 0.05) is 19.1 Å². The Balaban J connectivity index is 2.46. The summed E-state index contributed by atoms with van der Waals surface area (Å²) in [6, 6.07) is 0.282. The summed E-state index contributed by atoms with van der Waals surface area (Å²) in [7, 11) is 0. The van der Waals surface area contributed by atoms with Gasteiger partial charge in [-0.25, -0.2) is 4.79 Å². The normalized spacial score (nSPS) is 21.4. The standard InChI is InChI=1S/C15H31N3O2/c1-11(2)6-7-13(17-16)12-8-9-18(10-12)14(19)20-15(3,4)5/h11-13,17H,6-10,16H2,1-5H3. The van der Waals surface area contributed by atoms with Crippen molar-refractivity contribution in [2.24, 2.45) is 17.7 Å². The Morgan fingerprint density at radius 1 is 1.40 bits per heavy atom. The largest absolute Gasteiger partial charge is 0.444 e. The molecule has 0 radical (unpaired) electrons. The number of likely N-dealkylation sites (tertiary alicyclic amines) is 1. The van der Waals surface area contributed by atoms with Crippen LogP contribution < -0.4 is 11.3 Å². The second-order valence-electron chi connectivity index (χ2n) is 7.22. The van der Waals surface area contributed by atoms with Crippen molar-refractivity contribution in [2.75, 3.05) is 13.1 Å². The Kier molecular flexibility index (Phi) is 6.27. The van der Waals surface area contributed by atoms with Gasteiger partial charge < -0.3 is 9.64 Å². The molecule has 1 amide bonds.